The van der Waals surface area contributed by atoms with Crippen molar-refractivity contribution < 1.29 is 0 Å². The van der Waals surface area contributed by atoms with Crippen molar-refractivity contribution in [2.75, 3.05) is 24.7 Å². The second-order valence-electron chi connectivity index (χ2n) is 2.71. The highest BCUT2D eigenvalue weighted by molar-refractivity contribution is 5.81. The van der Waals surface area contributed by atoms with Gasteiger partial charge in [0.1, 0.15) is 0 Å². The maximum Gasteiger partial charge on any atom is 0.410 e. The van der Waals surface area contributed by atoms with Crippen LogP contribution in [0.2, 0.25) is 0 Å². The van der Waals surface area contributed by atoms with Crippen LogP contribution < -0.4 is 10.6 Å². The van der Waals surface area contributed by atoms with Crippen molar-refractivity contribution in [1.82, 2.24) is 0 Å². The number of nitrogen functional groups attached to an aromatic ring is 1. The fraction of sp³-hybridized carbons (Fsp3) is 0.250. The molecule has 0 fully saturated rings. The minimum Gasteiger partial charge on any atom is -0.397 e. The normalized spacial score (nSPS) is 9.08. The number of anilines is 2. The van der Waals surface area contributed by atoms with Crippen LogP contribution in [0.15, 0.2) is 18.2 Å². The van der Waals surface area contributed by atoms with Crippen molar-refractivity contribution in [2.24, 2.45) is 0 Å². The molecule has 0 bridgehead atoms. The molecule has 0 aliphatic carbocycles. The van der Waals surface area contributed by atoms with Crippen molar-refractivity contribution in [3.8, 4) is 0 Å². The molecule has 0 radical (unpaired) electrons. The van der Waals surface area contributed by atoms with Gasteiger partial charge in [0.15, 0.2) is 10.7 Å². The Labute approximate surface area is 71.2 Å². The van der Waals surface area contributed by atoms with Gasteiger partial charge >= 0.3 is 5.69 Å². The molecule has 0 aliphatic heterocycles. The van der Waals surface area contributed by atoms with Gasteiger partial charge in [-0.2, -0.15) is 0 Å². The number of nitrogens with two attached hydrogens (primary N) is 1. The van der Waals surface area contributed by atoms with E-state index in [1.165, 1.54) is 0 Å². The lowest BCUT2D eigenvalue weighted by Gasteiger charge is -2.11. The Morgan fingerprint density at radius 1 is 1.42 bits per heavy atom. The van der Waals surface area contributed by atoms with Crippen LogP contribution in [0.3, 0.4) is 0 Å². The van der Waals surface area contributed by atoms with Crippen molar-refractivity contribution in [3.05, 3.63) is 23.2 Å². The lowest BCUT2D eigenvalue weighted by atomic mass is 10.2. The minimum atomic E-state index is 0.486. The summed E-state index contributed by atoms with van der Waals surface area (Å²) in [4.78, 5) is 4.94. The number of hydrogen-bond acceptors (Lipinski definition) is 3. The van der Waals surface area contributed by atoms with Gasteiger partial charge in [0.05, 0.1) is 5.69 Å². The van der Waals surface area contributed by atoms with Gasteiger partial charge in [0.25, 0.3) is 0 Å². The first kappa shape index (κ1) is 8.34. The highest BCUT2D eigenvalue weighted by Crippen LogP contribution is 2.32. The molecule has 1 aromatic carbocycles. The zero-order chi connectivity index (χ0) is 9.14. The van der Waals surface area contributed by atoms with Gasteiger partial charge in [-0.1, -0.05) is 6.07 Å². The molecular formula is C8H11N4+. The Balaban J connectivity index is 3.32. The molecule has 0 heterocycles. The third kappa shape index (κ3) is 1.30. The molecule has 0 aliphatic rings. The van der Waals surface area contributed by atoms with Crippen LogP contribution in [-0.4, -0.2) is 14.1 Å². The second kappa shape index (κ2) is 3.09. The molecule has 0 unspecified atom stereocenters. The summed E-state index contributed by atoms with van der Waals surface area (Å²) in [6.07, 6.45) is 0. The molecule has 0 saturated heterocycles. The van der Waals surface area contributed by atoms with Gasteiger partial charge < -0.3 is 10.6 Å². The van der Waals surface area contributed by atoms with Gasteiger partial charge in [-0.05, 0) is 6.07 Å². The Morgan fingerprint density at radius 3 is 2.50 bits per heavy atom. The van der Waals surface area contributed by atoms with Gasteiger partial charge in [-0.15, -0.1) is 0 Å². The van der Waals surface area contributed by atoms with E-state index in [1.54, 1.807) is 18.2 Å². The fourth-order valence-corrected chi connectivity index (χ4v) is 1.12. The van der Waals surface area contributed by atoms with Crippen LogP contribution in [0.4, 0.5) is 17.1 Å². The monoisotopic (exact) mass is 163 g/mol. The first-order valence-corrected chi connectivity index (χ1v) is 3.57. The van der Waals surface area contributed by atoms with Gasteiger partial charge in [0.2, 0.25) is 5.39 Å². The average molecular weight is 163 g/mol. The smallest absolute Gasteiger partial charge is 0.397 e. The number of para-hydroxylation sites is 1. The van der Waals surface area contributed by atoms with Crippen molar-refractivity contribution in [3.63, 3.8) is 0 Å². The zero-order valence-electron chi connectivity index (χ0n) is 7.15. The van der Waals surface area contributed by atoms with E-state index >= 15 is 0 Å². The first-order valence-electron chi connectivity index (χ1n) is 3.57. The van der Waals surface area contributed by atoms with Crippen LogP contribution in [-0.2, 0) is 0 Å². The Morgan fingerprint density at radius 2 is 2.08 bits per heavy atom. The maximum absolute atomic E-state index is 8.63. The molecule has 2 N–H and O–H groups in total. The van der Waals surface area contributed by atoms with Crippen molar-refractivity contribution in [1.29, 1.82) is 5.39 Å². The Hall–Kier alpha value is -1.76. The van der Waals surface area contributed by atoms with E-state index < -0.39 is 0 Å². The average Bonchev–Trinajstić information content (AvgIpc) is 2.03. The molecule has 1 rings (SSSR count). The van der Waals surface area contributed by atoms with Crippen LogP contribution in [0.5, 0.6) is 0 Å². The summed E-state index contributed by atoms with van der Waals surface area (Å²) in [5.41, 5.74) is 7.51. The predicted molar refractivity (Wildman–Crippen MR) is 49.9 cm³/mol. The Bertz CT molecular complexity index is 324. The number of rotatable bonds is 1. The standard InChI is InChI=1S/C8H11N4/c1-12(2)8-6(9)4-3-5-7(8)11-10/h3-5H,9H2,1-2H3/q+1. The molecule has 12 heavy (non-hydrogen) atoms. The third-order valence-corrected chi connectivity index (χ3v) is 1.60. The van der Waals surface area contributed by atoms with Gasteiger partial charge in [0, 0.05) is 20.2 Å². The largest absolute Gasteiger partial charge is 0.410 e. The maximum atomic E-state index is 8.63. The van der Waals surface area contributed by atoms with E-state index in [-0.39, 0.29) is 0 Å². The topological polar surface area (TPSA) is 57.4 Å². The van der Waals surface area contributed by atoms with Gasteiger partial charge in [-0.25, -0.2) is 0 Å². The number of benzene rings is 1. The van der Waals surface area contributed by atoms with E-state index in [0.717, 1.165) is 5.69 Å². The molecule has 0 atom stereocenters. The lowest BCUT2D eigenvalue weighted by Crippen LogP contribution is -2.10. The summed E-state index contributed by atoms with van der Waals surface area (Å²) < 4.78 is 0. The molecule has 0 spiro atoms. The number of diazo groups is 1. The van der Waals surface area contributed by atoms with E-state index in [9.17, 15) is 0 Å². The number of nitrogens with zero attached hydrogens (tertiary/aromatic N) is 3. The highest BCUT2D eigenvalue weighted by Gasteiger charge is 2.17. The van der Waals surface area contributed by atoms with E-state index in [0.29, 0.717) is 11.4 Å². The fourth-order valence-electron chi connectivity index (χ4n) is 1.12. The molecule has 0 amide bonds. The van der Waals surface area contributed by atoms with Crippen LogP contribution in [0, 0.1) is 5.39 Å². The summed E-state index contributed by atoms with van der Waals surface area (Å²) in [6.45, 7) is 0. The lowest BCUT2D eigenvalue weighted by molar-refractivity contribution is 1.14. The molecule has 1 aromatic rings. The summed E-state index contributed by atoms with van der Waals surface area (Å²) in [7, 11) is 3.70. The Kier molecular flexibility index (Phi) is 2.15. The van der Waals surface area contributed by atoms with E-state index in [1.807, 2.05) is 19.0 Å². The summed E-state index contributed by atoms with van der Waals surface area (Å²) in [5.74, 6) is 0. The quantitative estimate of drug-likeness (QED) is 0.507. The summed E-state index contributed by atoms with van der Waals surface area (Å²) >= 11 is 0. The minimum absolute atomic E-state index is 0.486. The third-order valence-electron chi connectivity index (χ3n) is 1.60. The van der Waals surface area contributed by atoms with E-state index in [4.69, 9.17) is 11.1 Å². The highest BCUT2D eigenvalue weighted by atomic mass is 15.1. The zero-order valence-corrected chi connectivity index (χ0v) is 7.15. The van der Waals surface area contributed by atoms with Crippen LogP contribution >= 0.6 is 0 Å². The SMILES string of the molecule is CN(C)c1c(N)cccc1[N+]#N. The van der Waals surface area contributed by atoms with Crippen LogP contribution in [0.1, 0.15) is 0 Å². The molecule has 0 aromatic heterocycles. The number of hydrogen-bond donors (Lipinski definition) is 1. The molecule has 62 valence electrons. The molecular weight excluding hydrogens is 152 g/mol. The van der Waals surface area contributed by atoms with E-state index in [2.05, 4.69) is 4.98 Å². The molecule has 4 heteroatoms. The molecule has 4 nitrogen and oxygen atoms in total. The van der Waals surface area contributed by atoms with Crippen molar-refractivity contribution in [2.45, 2.75) is 0 Å². The molecule has 0 saturated carbocycles. The second-order valence-corrected chi connectivity index (χ2v) is 2.71. The first-order chi connectivity index (χ1) is 5.66. The summed E-state index contributed by atoms with van der Waals surface area (Å²) in [5, 5.41) is 8.63. The van der Waals surface area contributed by atoms with Crippen molar-refractivity contribution >= 4 is 17.1 Å². The summed E-state index contributed by atoms with van der Waals surface area (Å²) in [6, 6.07) is 5.22. The predicted octanol–water partition coefficient (Wildman–Crippen LogP) is 1.82. The van der Waals surface area contributed by atoms with Gasteiger partial charge in [-0.3, -0.25) is 0 Å². The van der Waals surface area contributed by atoms with Crippen LogP contribution in [0.25, 0.3) is 4.98 Å².